The molecule has 0 atom stereocenters. The zero-order valence-corrected chi connectivity index (χ0v) is 17.6. The predicted octanol–water partition coefficient (Wildman–Crippen LogP) is 2.69. The number of hydrogen-bond acceptors (Lipinski definition) is 8. The smallest absolute Gasteiger partial charge is 0.454 e. The predicted molar refractivity (Wildman–Crippen MR) is 103 cm³/mol. The molecule has 0 radical (unpaired) electrons. The molecule has 0 spiro atoms. The van der Waals surface area contributed by atoms with Gasteiger partial charge in [0, 0.05) is 23.4 Å². The van der Waals surface area contributed by atoms with Crippen molar-refractivity contribution in [1.29, 1.82) is 0 Å². The van der Waals surface area contributed by atoms with Crippen molar-refractivity contribution in [2.45, 2.75) is 72.2 Å². The fourth-order valence-corrected chi connectivity index (χ4v) is 2.61. The van der Waals surface area contributed by atoms with E-state index < -0.39 is 29.9 Å². The molecular formula is C19H26BN3O5. The van der Waals surface area contributed by atoms with E-state index in [0.29, 0.717) is 17.2 Å². The van der Waals surface area contributed by atoms with Crippen molar-refractivity contribution in [3.8, 4) is 11.5 Å². The van der Waals surface area contributed by atoms with Crippen LogP contribution in [0.4, 0.5) is 0 Å². The molecule has 9 heteroatoms. The number of rotatable bonds is 3. The molecule has 1 aliphatic heterocycles. The maximum atomic E-state index is 12.1. The Morgan fingerprint density at radius 1 is 1.14 bits per heavy atom. The van der Waals surface area contributed by atoms with E-state index in [-0.39, 0.29) is 5.76 Å². The summed E-state index contributed by atoms with van der Waals surface area (Å²) in [6.07, 6.45) is 1.65. The highest BCUT2D eigenvalue weighted by molar-refractivity contribution is 6.62. The van der Waals surface area contributed by atoms with E-state index in [0.717, 1.165) is 5.46 Å². The molecule has 0 amide bonds. The molecule has 0 bridgehead atoms. The Hall–Kier alpha value is -2.26. The third-order valence-corrected chi connectivity index (χ3v) is 4.86. The SMILES string of the molecule is Cc1nc(-c2cc(C(=O)OC(C)(C)C)on2)ncc1B1OC(C)(C)C(C)(C)O1. The van der Waals surface area contributed by atoms with Gasteiger partial charge in [-0.3, -0.25) is 0 Å². The molecule has 2 aromatic heterocycles. The molecule has 8 nitrogen and oxygen atoms in total. The molecule has 0 N–H and O–H groups in total. The Labute approximate surface area is 165 Å². The van der Waals surface area contributed by atoms with Crippen LogP contribution in [-0.4, -0.2) is 45.0 Å². The van der Waals surface area contributed by atoms with Gasteiger partial charge in [-0.1, -0.05) is 5.16 Å². The third-order valence-electron chi connectivity index (χ3n) is 4.86. The number of esters is 1. The molecule has 3 rings (SSSR count). The normalized spacial score (nSPS) is 18.4. The highest BCUT2D eigenvalue weighted by atomic mass is 16.7. The summed E-state index contributed by atoms with van der Waals surface area (Å²) in [5.41, 5.74) is 0.281. The summed E-state index contributed by atoms with van der Waals surface area (Å²) in [6.45, 7) is 15.2. The van der Waals surface area contributed by atoms with E-state index in [1.54, 1.807) is 27.0 Å². The van der Waals surface area contributed by atoms with Crippen LogP contribution in [0.25, 0.3) is 11.5 Å². The summed E-state index contributed by atoms with van der Waals surface area (Å²) in [4.78, 5) is 20.9. The molecule has 1 fully saturated rings. The summed E-state index contributed by atoms with van der Waals surface area (Å²) in [5.74, 6) is -0.241. The summed E-state index contributed by atoms with van der Waals surface area (Å²) in [5, 5.41) is 3.89. The van der Waals surface area contributed by atoms with Gasteiger partial charge in [-0.25, -0.2) is 14.8 Å². The van der Waals surface area contributed by atoms with E-state index in [1.807, 2.05) is 34.6 Å². The molecular weight excluding hydrogens is 361 g/mol. The Morgan fingerprint density at radius 3 is 2.29 bits per heavy atom. The van der Waals surface area contributed by atoms with Crippen LogP contribution in [0.1, 0.15) is 64.7 Å². The number of aryl methyl sites for hydroxylation is 1. The summed E-state index contributed by atoms with van der Waals surface area (Å²) >= 11 is 0. The van der Waals surface area contributed by atoms with Gasteiger partial charge in [0.05, 0.1) is 11.2 Å². The standard InChI is InChI=1S/C19H26BN3O5/c1-11-12(20-27-18(5,6)19(7,8)28-20)10-21-15(22-11)13-9-14(26-23-13)16(24)25-17(2,3)4/h9-10H,1-8H3. The van der Waals surface area contributed by atoms with Crippen LogP contribution in [0, 0.1) is 6.92 Å². The second-order valence-corrected chi connectivity index (χ2v) is 8.90. The molecule has 0 unspecified atom stereocenters. The van der Waals surface area contributed by atoms with Gasteiger partial charge < -0.3 is 18.6 Å². The fraction of sp³-hybridized carbons (Fsp3) is 0.579. The van der Waals surface area contributed by atoms with Crippen LogP contribution < -0.4 is 5.46 Å². The average molecular weight is 387 g/mol. The Morgan fingerprint density at radius 2 is 1.75 bits per heavy atom. The lowest BCUT2D eigenvalue weighted by Gasteiger charge is -2.32. The molecule has 3 heterocycles. The minimum atomic E-state index is -0.623. The number of carbonyl (C=O) groups excluding carboxylic acids is 1. The van der Waals surface area contributed by atoms with Gasteiger partial charge in [0.15, 0.2) is 11.5 Å². The third kappa shape index (κ3) is 3.95. The molecule has 28 heavy (non-hydrogen) atoms. The van der Waals surface area contributed by atoms with Gasteiger partial charge in [-0.2, -0.15) is 0 Å². The Kier molecular flexibility index (Phi) is 4.88. The highest BCUT2D eigenvalue weighted by Gasteiger charge is 2.52. The Balaban J connectivity index is 1.81. The van der Waals surface area contributed by atoms with E-state index in [4.69, 9.17) is 18.6 Å². The first-order valence-corrected chi connectivity index (χ1v) is 9.19. The summed E-state index contributed by atoms with van der Waals surface area (Å²) in [6, 6.07) is 1.47. The molecule has 1 saturated heterocycles. The average Bonchev–Trinajstić information content (AvgIpc) is 3.09. The maximum absolute atomic E-state index is 12.1. The monoisotopic (exact) mass is 387 g/mol. The van der Waals surface area contributed by atoms with E-state index in [2.05, 4.69) is 15.1 Å². The van der Waals surface area contributed by atoms with Gasteiger partial charge in [-0.05, 0) is 55.4 Å². The van der Waals surface area contributed by atoms with E-state index >= 15 is 0 Å². The minimum absolute atomic E-state index is 0.00112. The molecule has 2 aromatic rings. The zero-order valence-electron chi connectivity index (χ0n) is 17.6. The lowest BCUT2D eigenvalue weighted by atomic mass is 9.79. The molecule has 0 saturated carbocycles. The zero-order chi connectivity index (χ0) is 20.9. The number of hydrogen-bond donors (Lipinski definition) is 0. The van der Waals surface area contributed by atoms with Crippen molar-refractivity contribution in [2.75, 3.05) is 0 Å². The van der Waals surface area contributed by atoms with Crippen molar-refractivity contribution < 1.29 is 23.4 Å². The van der Waals surface area contributed by atoms with Crippen molar-refractivity contribution in [3.63, 3.8) is 0 Å². The van der Waals surface area contributed by atoms with Crippen molar-refractivity contribution in [3.05, 3.63) is 23.7 Å². The van der Waals surface area contributed by atoms with Crippen LogP contribution in [-0.2, 0) is 14.0 Å². The van der Waals surface area contributed by atoms with E-state index in [9.17, 15) is 4.79 Å². The Bertz CT molecular complexity index is 885. The second kappa shape index (κ2) is 6.67. The van der Waals surface area contributed by atoms with Crippen LogP contribution in [0.5, 0.6) is 0 Å². The van der Waals surface area contributed by atoms with Gasteiger partial charge in [0.1, 0.15) is 5.60 Å². The summed E-state index contributed by atoms with van der Waals surface area (Å²) < 4.78 is 22.5. The largest absolute Gasteiger partial charge is 0.498 e. The lowest BCUT2D eigenvalue weighted by Crippen LogP contribution is -2.41. The number of aromatic nitrogens is 3. The first-order valence-electron chi connectivity index (χ1n) is 9.19. The topological polar surface area (TPSA) is 96.6 Å². The molecule has 1 aliphatic rings. The minimum Gasteiger partial charge on any atom is -0.454 e. The second-order valence-electron chi connectivity index (χ2n) is 8.90. The number of ether oxygens (including phenoxy) is 1. The van der Waals surface area contributed by atoms with Crippen molar-refractivity contribution in [1.82, 2.24) is 15.1 Å². The van der Waals surface area contributed by atoms with Crippen molar-refractivity contribution in [2.24, 2.45) is 0 Å². The molecule has 0 aromatic carbocycles. The van der Waals surface area contributed by atoms with Gasteiger partial charge in [0.25, 0.3) is 0 Å². The van der Waals surface area contributed by atoms with Crippen LogP contribution in [0.2, 0.25) is 0 Å². The molecule has 0 aliphatic carbocycles. The molecule has 150 valence electrons. The number of carbonyl (C=O) groups is 1. The fourth-order valence-electron chi connectivity index (χ4n) is 2.61. The van der Waals surface area contributed by atoms with Gasteiger partial charge in [-0.15, -0.1) is 0 Å². The summed E-state index contributed by atoms with van der Waals surface area (Å²) in [7, 11) is -0.548. The maximum Gasteiger partial charge on any atom is 0.498 e. The first-order chi connectivity index (χ1) is 12.8. The lowest BCUT2D eigenvalue weighted by molar-refractivity contribution is 0.00277. The highest BCUT2D eigenvalue weighted by Crippen LogP contribution is 2.36. The van der Waals surface area contributed by atoms with Crippen molar-refractivity contribution >= 4 is 18.6 Å². The van der Waals surface area contributed by atoms with Gasteiger partial charge in [0.2, 0.25) is 5.76 Å². The van der Waals surface area contributed by atoms with E-state index in [1.165, 1.54) is 6.07 Å². The van der Waals surface area contributed by atoms with Crippen LogP contribution >= 0.6 is 0 Å². The first kappa shape index (κ1) is 20.5. The number of nitrogens with zero attached hydrogens (tertiary/aromatic N) is 3. The van der Waals surface area contributed by atoms with Crippen LogP contribution in [0.3, 0.4) is 0 Å². The quantitative estimate of drug-likeness (QED) is 0.586. The van der Waals surface area contributed by atoms with Crippen LogP contribution in [0.15, 0.2) is 16.8 Å². The van der Waals surface area contributed by atoms with Gasteiger partial charge >= 0.3 is 13.1 Å².